The van der Waals surface area contributed by atoms with Crippen LogP contribution < -0.4 is 10.6 Å². The van der Waals surface area contributed by atoms with Gasteiger partial charge in [-0.2, -0.15) is 0 Å². The highest BCUT2D eigenvalue weighted by Crippen LogP contribution is 2.14. The molecule has 0 aliphatic heterocycles. The number of hydrogen-bond donors (Lipinski definition) is 3. The Hall–Kier alpha value is -1.62. The first kappa shape index (κ1) is 12.4. The molecule has 16 heavy (non-hydrogen) atoms. The van der Waals surface area contributed by atoms with Crippen LogP contribution in [0.4, 0.5) is 11.5 Å². The molecule has 1 amide bonds. The molecule has 0 radical (unpaired) electrons. The normalized spacial score (nSPS) is 11.0. The maximum atomic E-state index is 10.8. The lowest BCUT2D eigenvalue weighted by Crippen LogP contribution is -2.35. The summed E-state index contributed by atoms with van der Waals surface area (Å²) in [6, 6.07) is 3.51. The molecule has 5 nitrogen and oxygen atoms in total. The van der Waals surface area contributed by atoms with Gasteiger partial charge in [-0.15, -0.1) is 0 Å². The molecule has 88 valence electrons. The topological polar surface area (TPSA) is 74.2 Å². The second-order valence-corrected chi connectivity index (χ2v) is 4.28. The van der Waals surface area contributed by atoms with Crippen molar-refractivity contribution in [1.29, 1.82) is 0 Å². The number of pyridine rings is 1. The van der Waals surface area contributed by atoms with E-state index in [1.54, 1.807) is 18.3 Å². The summed E-state index contributed by atoms with van der Waals surface area (Å²) >= 11 is 0. The van der Waals surface area contributed by atoms with E-state index in [1.807, 2.05) is 13.8 Å². The van der Waals surface area contributed by atoms with E-state index in [2.05, 4.69) is 15.6 Å². The molecule has 1 heterocycles. The SMILES string of the molecule is CC(=O)Nc1ccc(NC(C)(C)CO)nc1. The third-order valence-corrected chi connectivity index (χ3v) is 1.95. The number of hydrogen-bond acceptors (Lipinski definition) is 4. The van der Waals surface area contributed by atoms with Crippen molar-refractivity contribution < 1.29 is 9.90 Å². The molecule has 1 aromatic rings. The average molecular weight is 223 g/mol. The van der Waals surface area contributed by atoms with Gasteiger partial charge in [0.05, 0.1) is 24.0 Å². The second-order valence-electron chi connectivity index (χ2n) is 4.28. The summed E-state index contributed by atoms with van der Waals surface area (Å²) in [6.07, 6.45) is 1.57. The number of rotatable bonds is 4. The van der Waals surface area contributed by atoms with E-state index in [1.165, 1.54) is 6.92 Å². The summed E-state index contributed by atoms with van der Waals surface area (Å²) in [4.78, 5) is 14.9. The number of anilines is 2. The van der Waals surface area contributed by atoms with Crippen LogP contribution in [0.1, 0.15) is 20.8 Å². The lowest BCUT2D eigenvalue weighted by molar-refractivity contribution is -0.114. The lowest BCUT2D eigenvalue weighted by Gasteiger charge is -2.24. The van der Waals surface area contributed by atoms with E-state index in [-0.39, 0.29) is 12.5 Å². The Bertz CT molecular complexity index is 360. The lowest BCUT2D eigenvalue weighted by atomic mass is 10.1. The molecule has 0 saturated carbocycles. The van der Waals surface area contributed by atoms with Crippen molar-refractivity contribution in [1.82, 2.24) is 4.98 Å². The van der Waals surface area contributed by atoms with Crippen molar-refractivity contribution in [2.75, 3.05) is 17.2 Å². The predicted octanol–water partition coefficient (Wildman–Crippen LogP) is 1.22. The van der Waals surface area contributed by atoms with E-state index in [9.17, 15) is 4.79 Å². The third kappa shape index (κ3) is 3.86. The zero-order valence-electron chi connectivity index (χ0n) is 9.74. The largest absolute Gasteiger partial charge is 0.394 e. The van der Waals surface area contributed by atoms with Crippen molar-refractivity contribution in [3.63, 3.8) is 0 Å². The van der Waals surface area contributed by atoms with E-state index in [4.69, 9.17) is 5.11 Å². The molecule has 5 heteroatoms. The number of aromatic nitrogens is 1. The highest BCUT2D eigenvalue weighted by atomic mass is 16.3. The Morgan fingerprint density at radius 2 is 2.19 bits per heavy atom. The Morgan fingerprint density at radius 1 is 1.50 bits per heavy atom. The van der Waals surface area contributed by atoms with Gasteiger partial charge < -0.3 is 15.7 Å². The zero-order chi connectivity index (χ0) is 12.2. The molecule has 1 aromatic heterocycles. The monoisotopic (exact) mass is 223 g/mol. The minimum atomic E-state index is -0.414. The first-order valence-corrected chi connectivity index (χ1v) is 5.06. The molecular weight excluding hydrogens is 206 g/mol. The van der Waals surface area contributed by atoms with Gasteiger partial charge in [0.15, 0.2) is 0 Å². The molecule has 0 aromatic carbocycles. The predicted molar refractivity (Wildman–Crippen MR) is 63.3 cm³/mol. The summed E-state index contributed by atoms with van der Waals surface area (Å²) in [5.41, 5.74) is 0.238. The van der Waals surface area contributed by atoms with Crippen LogP contribution in [0, 0.1) is 0 Å². The highest BCUT2D eigenvalue weighted by Gasteiger charge is 2.15. The minimum Gasteiger partial charge on any atom is -0.394 e. The number of nitrogens with one attached hydrogen (secondary N) is 2. The molecule has 0 saturated heterocycles. The van der Waals surface area contributed by atoms with Crippen LogP contribution in [0.3, 0.4) is 0 Å². The fraction of sp³-hybridized carbons (Fsp3) is 0.455. The maximum absolute atomic E-state index is 10.8. The van der Waals surface area contributed by atoms with Crippen LogP contribution in [-0.4, -0.2) is 28.1 Å². The second kappa shape index (κ2) is 4.94. The Labute approximate surface area is 94.9 Å². The molecule has 0 aliphatic rings. The number of nitrogens with zero attached hydrogens (tertiary/aromatic N) is 1. The Kier molecular flexibility index (Phi) is 3.84. The maximum Gasteiger partial charge on any atom is 0.221 e. The molecule has 0 unspecified atom stereocenters. The van der Waals surface area contributed by atoms with E-state index < -0.39 is 5.54 Å². The molecule has 0 spiro atoms. The zero-order valence-corrected chi connectivity index (χ0v) is 9.74. The summed E-state index contributed by atoms with van der Waals surface area (Å²) in [5, 5.41) is 14.8. The summed E-state index contributed by atoms with van der Waals surface area (Å²) in [7, 11) is 0. The highest BCUT2D eigenvalue weighted by molar-refractivity contribution is 5.88. The quantitative estimate of drug-likeness (QED) is 0.717. The van der Waals surface area contributed by atoms with Crippen LogP contribution in [-0.2, 0) is 4.79 Å². The number of aliphatic hydroxyl groups excluding tert-OH is 1. The van der Waals surface area contributed by atoms with Gasteiger partial charge >= 0.3 is 0 Å². The summed E-state index contributed by atoms with van der Waals surface area (Å²) in [5.74, 6) is 0.534. The van der Waals surface area contributed by atoms with Crippen molar-refractivity contribution in [3.8, 4) is 0 Å². The van der Waals surface area contributed by atoms with Gasteiger partial charge in [-0.1, -0.05) is 0 Å². The van der Waals surface area contributed by atoms with Gasteiger partial charge in [-0.3, -0.25) is 4.79 Å². The van der Waals surface area contributed by atoms with E-state index in [0.29, 0.717) is 11.5 Å². The van der Waals surface area contributed by atoms with Crippen molar-refractivity contribution in [3.05, 3.63) is 18.3 Å². The Balaban J connectivity index is 2.68. The van der Waals surface area contributed by atoms with E-state index in [0.717, 1.165) is 0 Å². The number of aliphatic hydroxyl groups is 1. The summed E-state index contributed by atoms with van der Waals surface area (Å²) in [6.45, 7) is 5.20. The first-order chi connectivity index (χ1) is 7.43. The number of carbonyl (C=O) groups excluding carboxylic acids is 1. The van der Waals surface area contributed by atoms with Crippen molar-refractivity contribution in [2.24, 2.45) is 0 Å². The Morgan fingerprint density at radius 3 is 2.62 bits per heavy atom. The van der Waals surface area contributed by atoms with Crippen molar-refractivity contribution in [2.45, 2.75) is 26.3 Å². The van der Waals surface area contributed by atoms with Crippen LogP contribution in [0.2, 0.25) is 0 Å². The van der Waals surface area contributed by atoms with Crippen LogP contribution >= 0.6 is 0 Å². The molecule has 0 fully saturated rings. The van der Waals surface area contributed by atoms with Gasteiger partial charge in [0.25, 0.3) is 0 Å². The fourth-order valence-corrected chi connectivity index (χ4v) is 1.13. The van der Waals surface area contributed by atoms with Gasteiger partial charge in [-0.25, -0.2) is 4.98 Å². The average Bonchev–Trinajstić information content (AvgIpc) is 2.20. The van der Waals surface area contributed by atoms with Crippen LogP contribution in [0.15, 0.2) is 18.3 Å². The molecular formula is C11H17N3O2. The molecule has 1 rings (SSSR count). The van der Waals surface area contributed by atoms with Gasteiger partial charge in [0.2, 0.25) is 5.91 Å². The summed E-state index contributed by atoms with van der Waals surface area (Å²) < 4.78 is 0. The smallest absolute Gasteiger partial charge is 0.221 e. The van der Waals surface area contributed by atoms with Gasteiger partial charge in [0, 0.05) is 6.92 Å². The van der Waals surface area contributed by atoms with Crippen LogP contribution in [0.25, 0.3) is 0 Å². The third-order valence-electron chi connectivity index (χ3n) is 1.95. The fourth-order valence-electron chi connectivity index (χ4n) is 1.13. The molecule has 0 bridgehead atoms. The molecule has 0 atom stereocenters. The van der Waals surface area contributed by atoms with Gasteiger partial charge in [0.1, 0.15) is 5.82 Å². The molecule has 3 N–H and O–H groups in total. The number of carbonyl (C=O) groups is 1. The molecule has 0 aliphatic carbocycles. The van der Waals surface area contributed by atoms with Crippen LogP contribution in [0.5, 0.6) is 0 Å². The van der Waals surface area contributed by atoms with Crippen molar-refractivity contribution >= 4 is 17.4 Å². The van der Waals surface area contributed by atoms with Gasteiger partial charge in [-0.05, 0) is 26.0 Å². The number of amides is 1. The standard InChI is InChI=1S/C11H17N3O2/c1-8(16)13-9-4-5-10(12-6-9)14-11(2,3)7-15/h4-6,15H,7H2,1-3H3,(H,12,14)(H,13,16). The minimum absolute atomic E-state index is 0.0160. The first-order valence-electron chi connectivity index (χ1n) is 5.06. The van der Waals surface area contributed by atoms with E-state index >= 15 is 0 Å².